The zero-order chi connectivity index (χ0) is 17.6. The van der Waals surface area contributed by atoms with Gasteiger partial charge in [0, 0.05) is 18.2 Å². The summed E-state index contributed by atoms with van der Waals surface area (Å²) in [5.41, 5.74) is 1.23. The van der Waals surface area contributed by atoms with E-state index in [4.69, 9.17) is 4.74 Å². The summed E-state index contributed by atoms with van der Waals surface area (Å²) in [4.78, 5) is 23.4. The van der Waals surface area contributed by atoms with Crippen molar-refractivity contribution >= 4 is 18.1 Å². The van der Waals surface area contributed by atoms with Gasteiger partial charge in [-0.3, -0.25) is 4.79 Å². The van der Waals surface area contributed by atoms with Crippen molar-refractivity contribution < 1.29 is 14.3 Å². The summed E-state index contributed by atoms with van der Waals surface area (Å²) < 4.78 is 5.16. The molecular formula is C19H26N2O3. The topological polar surface area (TPSA) is 67.4 Å². The van der Waals surface area contributed by atoms with Crippen LogP contribution in [0.25, 0.3) is 6.08 Å². The fraction of sp³-hybridized carbons (Fsp3) is 0.474. The van der Waals surface area contributed by atoms with E-state index in [9.17, 15) is 9.59 Å². The number of hydrogen-bond acceptors (Lipinski definition) is 3. The molecule has 0 heterocycles. The van der Waals surface area contributed by atoms with Crippen LogP contribution in [-0.2, 0) is 4.74 Å². The van der Waals surface area contributed by atoms with Crippen LogP contribution in [-0.4, -0.2) is 30.2 Å². The van der Waals surface area contributed by atoms with E-state index in [1.165, 1.54) is 0 Å². The van der Waals surface area contributed by atoms with E-state index in [1.807, 2.05) is 57.2 Å². The predicted molar refractivity (Wildman–Crippen MR) is 94.8 cm³/mol. The minimum Gasteiger partial charge on any atom is -0.444 e. The van der Waals surface area contributed by atoms with E-state index in [0.29, 0.717) is 24.6 Å². The molecule has 0 saturated heterocycles. The molecule has 2 amide bonds. The van der Waals surface area contributed by atoms with E-state index >= 15 is 0 Å². The molecule has 0 aromatic heterocycles. The van der Waals surface area contributed by atoms with Gasteiger partial charge in [0.25, 0.3) is 5.91 Å². The number of alkyl carbamates (subject to hydrolysis) is 1. The van der Waals surface area contributed by atoms with Crippen molar-refractivity contribution in [1.29, 1.82) is 0 Å². The molecule has 0 bridgehead atoms. The second-order valence-electron chi connectivity index (χ2n) is 6.99. The molecule has 1 aromatic carbocycles. The Kier molecular flexibility index (Phi) is 6.01. The lowest BCUT2D eigenvalue weighted by atomic mass is 10.1. The van der Waals surface area contributed by atoms with Crippen LogP contribution in [0.1, 0.15) is 56.0 Å². The molecule has 130 valence electrons. The highest BCUT2D eigenvalue weighted by Gasteiger charge is 2.23. The van der Waals surface area contributed by atoms with Crippen LogP contribution in [0.3, 0.4) is 0 Å². The maximum atomic E-state index is 11.9. The van der Waals surface area contributed by atoms with Gasteiger partial charge in [-0.2, -0.15) is 0 Å². The number of benzene rings is 1. The molecule has 0 spiro atoms. The molecule has 1 aliphatic carbocycles. The zero-order valence-corrected chi connectivity index (χ0v) is 14.6. The van der Waals surface area contributed by atoms with Crippen LogP contribution >= 0.6 is 0 Å². The molecule has 0 radical (unpaired) electrons. The van der Waals surface area contributed by atoms with Gasteiger partial charge in [-0.15, -0.1) is 0 Å². The summed E-state index contributed by atoms with van der Waals surface area (Å²) in [7, 11) is 0. The molecule has 1 aromatic rings. The molecule has 0 aliphatic heterocycles. The molecule has 1 saturated carbocycles. The summed E-state index contributed by atoms with van der Waals surface area (Å²) in [6.07, 6.45) is 6.44. The number of ether oxygens (including phenoxy) is 1. The predicted octanol–water partition coefficient (Wildman–Crippen LogP) is 3.51. The van der Waals surface area contributed by atoms with Crippen LogP contribution in [0.5, 0.6) is 0 Å². The van der Waals surface area contributed by atoms with E-state index in [1.54, 1.807) is 0 Å². The largest absolute Gasteiger partial charge is 0.444 e. The van der Waals surface area contributed by atoms with Crippen molar-refractivity contribution in [2.45, 2.75) is 51.7 Å². The van der Waals surface area contributed by atoms with Gasteiger partial charge < -0.3 is 15.4 Å². The summed E-state index contributed by atoms with van der Waals surface area (Å²) in [5.74, 6) is -0.00501. The molecule has 0 atom stereocenters. The first-order chi connectivity index (χ1) is 11.3. The summed E-state index contributed by atoms with van der Waals surface area (Å²) in [6.45, 7) is 6.02. The maximum absolute atomic E-state index is 11.9. The van der Waals surface area contributed by atoms with Crippen LogP contribution in [0, 0.1) is 0 Å². The molecular weight excluding hydrogens is 304 g/mol. The summed E-state index contributed by atoms with van der Waals surface area (Å²) in [5, 5.41) is 5.68. The monoisotopic (exact) mass is 330 g/mol. The Morgan fingerprint density at radius 1 is 1.21 bits per heavy atom. The normalized spacial score (nSPS) is 14.5. The van der Waals surface area contributed by atoms with Crippen molar-refractivity contribution in [2.75, 3.05) is 6.54 Å². The van der Waals surface area contributed by atoms with E-state index in [0.717, 1.165) is 18.4 Å². The smallest absolute Gasteiger partial charge is 0.407 e. The molecule has 0 unspecified atom stereocenters. The average Bonchev–Trinajstić information content (AvgIpc) is 3.29. The number of amides is 2. The average molecular weight is 330 g/mol. The first-order valence-electron chi connectivity index (χ1n) is 8.38. The summed E-state index contributed by atoms with van der Waals surface area (Å²) >= 11 is 0. The van der Waals surface area contributed by atoms with Gasteiger partial charge in [0.2, 0.25) is 0 Å². The third kappa shape index (κ3) is 6.86. The fourth-order valence-electron chi connectivity index (χ4n) is 2.03. The van der Waals surface area contributed by atoms with Gasteiger partial charge in [-0.25, -0.2) is 4.79 Å². The Balaban J connectivity index is 1.70. The quantitative estimate of drug-likeness (QED) is 0.784. The van der Waals surface area contributed by atoms with E-state index in [-0.39, 0.29) is 5.91 Å². The number of hydrogen-bond donors (Lipinski definition) is 2. The molecule has 2 N–H and O–H groups in total. The molecule has 24 heavy (non-hydrogen) atoms. The Labute approximate surface area is 143 Å². The highest BCUT2D eigenvalue weighted by molar-refractivity contribution is 5.94. The summed E-state index contributed by atoms with van der Waals surface area (Å²) in [6, 6.07) is 7.86. The number of carbonyl (C=O) groups is 2. The standard InChI is InChI=1S/C19H26N2O3/c1-19(2,3)24-18(23)20-13-5-4-6-14-7-9-15(10-8-14)17(22)21-16-11-12-16/h4,6-10,16H,5,11-13H2,1-3H3,(H,20,23)(H,21,22). The molecule has 5 nitrogen and oxygen atoms in total. The lowest BCUT2D eigenvalue weighted by Gasteiger charge is -2.19. The third-order valence-electron chi connectivity index (χ3n) is 3.37. The first-order valence-corrected chi connectivity index (χ1v) is 8.38. The fourth-order valence-corrected chi connectivity index (χ4v) is 2.03. The highest BCUT2D eigenvalue weighted by Crippen LogP contribution is 2.19. The highest BCUT2D eigenvalue weighted by atomic mass is 16.6. The Morgan fingerprint density at radius 3 is 2.46 bits per heavy atom. The SMILES string of the molecule is CC(C)(C)OC(=O)NCCC=Cc1ccc(C(=O)NC2CC2)cc1. The Hall–Kier alpha value is -2.30. The van der Waals surface area contributed by atoms with Gasteiger partial charge in [0.15, 0.2) is 0 Å². The molecule has 1 aliphatic rings. The number of carbonyl (C=O) groups excluding carboxylic acids is 2. The molecule has 5 heteroatoms. The molecule has 2 rings (SSSR count). The number of rotatable bonds is 6. The lowest BCUT2D eigenvalue weighted by Crippen LogP contribution is -2.32. The van der Waals surface area contributed by atoms with Crippen molar-refractivity contribution in [3.05, 3.63) is 41.5 Å². The van der Waals surface area contributed by atoms with Crippen molar-refractivity contribution in [1.82, 2.24) is 10.6 Å². The van der Waals surface area contributed by atoms with Gasteiger partial charge in [0.05, 0.1) is 0 Å². The van der Waals surface area contributed by atoms with Crippen LogP contribution in [0.2, 0.25) is 0 Å². The van der Waals surface area contributed by atoms with Gasteiger partial charge in [-0.05, 0) is 57.7 Å². The van der Waals surface area contributed by atoms with Crippen molar-refractivity contribution in [2.24, 2.45) is 0 Å². The zero-order valence-electron chi connectivity index (χ0n) is 14.6. The maximum Gasteiger partial charge on any atom is 0.407 e. The van der Waals surface area contributed by atoms with E-state index < -0.39 is 11.7 Å². The van der Waals surface area contributed by atoms with Crippen LogP contribution < -0.4 is 10.6 Å². The lowest BCUT2D eigenvalue weighted by molar-refractivity contribution is 0.0528. The van der Waals surface area contributed by atoms with Crippen molar-refractivity contribution in [3.8, 4) is 0 Å². The van der Waals surface area contributed by atoms with Gasteiger partial charge >= 0.3 is 6.09 Å². The Morgan fingerprint density at radius 2 is 1.88 bits per heavy atom. The second kappa shape index (κ2) is 7.99. The van der Waals surface area contributed by atoms with E-state index in [2.05, 4.69) is 10.6 Å². The van der Waals surface area contributed by atoms with Gasteiger partial charge in [-0.1, -0.05) is 24.3 Å². The second-order valence-corrected chi connectivity index (χ2v) is 6.99. The van der Waals surface area contributed by atoms with Crippen LogP contribution in [0.4, 0.5) is 4.79 Å². The Bertz CT molecular complexity index is 596. The van der Waals surface area contributed by atoms with Crippen LogP contribution in [0.15, 0.2) is 30.3 Å². The first kappa shape index (κ1) is 18.0. The van der Waals surface area contributed by atoms with Crippen molar-refractivity contribution in [3.63, 3.8) is 0 Å². The minimum absolute atomic E-state index is 0.00501. The molecule has 1 fully saturated rings. The minimum atomic E-state index is -0.479. The number of nitrogens with one attached hydrogen (secondary N) is 2. The van der Waals surface area contributed by atoms with Gasteiger partial charge in [0.1, 0.15) is 5.60 Å². The third-order valence-corrected chi connectivity index (χ3v) is 3.37.